The predicted molar refractivity (Wildman–Crippen MR) is 177 cm³/mol. The summed E-state index contributed by atoms with van der Waals surface area (Å²) >= 11 is 1.79. The van der Waals surface area contributed by atoms with E-state index in [1.165, 1.54) is 11.3 Å². The smallest absolute Gasteiger partial charge is 0.268 e. The quantitative estimate of drug-likeness (QED) is 0.239. The van der Waals surface area contributed by atoms with Crippen molar-refractivity contribution in [2.75, 3.05) is 55.7 Å². The number of hydrogen-bond donors (Lipinski definition) is 2. The first-order valence-electron chi connectivity index (χ1n) is 15.2. The molecule has 224 valence electrons. The zero-order valence-electron chi connectivity index (χ0n) is 25.3. The van der Waals surface area contributed by atoms with Crippen LogP contribution in [0.5, 0.6) is 0 Å². The average Bonchev–Trinajstić information content (AvgIpc) is 3.50. The van der Waals surface area contributed by atoms with Crippen LogP contribution in [0.1, 0.15) is 36.6 Å². The van der Waals surface area contributed by atoms with Gasteiger partial charge in [0.25, 0.3) is 5.56 Å². The van der Waals surface area contributed by atoms with Crippen molar-refractivity contribution in [2.24, 2.45) is 5.92 Å². The lowest BCUT2D eigenvalue weighted by Crippen LogP contribution is -2.43. The van der Waals surface area contributed by atoms with Gasteiger partial charge in [-0.15, -0.1) is 0 Å². The topological polar surface area (TPSA) is 83.2 Å². The number of anilines is 3. The number of benzene rings is 1. The first-order valence-corrected chi connectivity index (χ1v) is 16.4. The van der Waals surface area contributed by atoms with Crippen LogP contribution < -0.4 is 21.1 Å². The van der Waals surface area contributed by atoms with Gasteiger partial charge in [0.2, 0.25) is 5.95 Å². The maximum atomic E-state index is 13.9. The minimum atomic E-state index is -0.119. The molecule has 0 saturated carbocycles. The van der Waals surface area contributed by atoms with Crippen molar-refractivity contribution in [3.63, 3.8) is 0 Å². The minimum Gasteiger partial charge on any atom is -0.369 e. The Hall–Kier alpha value is -3.78. The molecule has 43 heavy (non-hydrogen) atoms. The van der Waals surface area contributed by atoms with Crippen LogP contribution in [0, 0.1) is 24.7 Å². The van der Waals surface area contributed by atoms with Crippen molar-refractivity contribution >= 4 is 40.3 Å². The molecule has 9 nitrogen and oxygen atoms in total. The Labute approximate surface area is 257 Å². The first kappa shape index (κ1) is 29.3. The Bertz CT molecular complexity index is 1700. The van der Waals surface area contributed by atoms with Gasteiger partial charge < -0.3 is 20.1 Å². The van der Waals surface area contributed by atoms with Crippen molar-refractivity contribution in [3.8, 4) is 11.8 Å². The molecule has 5 heterocycles. The van der Waals surface area contributed by atoms with Crippen molar-refractivity contribution < 1.29 is 0 Å². The summed E-state index contributed by atoms with van der Waals surface area (Å²) in [6.07, 6.45) is 8.00. The molecule has 6 rings (SSSR count). The molecule has 2 aliphatic rings. The standard InChI is InChI=1S/C33H40N8OS/c1-4-38-15-5-6-29(38)23-41-31-27(21-26(32(41)42)8-7-25-11-16-40(43-3)17-12-25)22-35-33(37-31)36-28-9-10-30(24(2)20-28)39-18-13-34-14-19-39/h5-6,9-10,15,20-22,25,34H,4,11-14,16-19,23H2,1-3H3,(H,35,36,37). The monoisotopic (exact) mass is 596 g/mol. The van der Waals surface area contributed by atoms with Gasteiger partial charge in [-0.2, -0.15) is 4.98 Å². The molecule has 2 fully saturated rings. The van der Waals surface area contributed by atoms with E-state index in [1.54, 1.807) is 22.7 Å². The molecule has 2 aliphatic heterocycles. The summed E-state index contributed by atoms with van der Waals surface area (Å²) in [4.78, 5) is 25.9. The van der Waals surface area contributed by atoms with Crippen LogP contribution in [0.15, 0.2) is 53.6 Å². The number of piperidine rings is 1. The Morgan fingerprint density at radius 3 is 2.67 bits per heavy atom. The van der Waals surface area contributed by atoms with Crippen LogP contribution >= 0.6 is 11.9 Å². The van der Waals surface area contributed by atoms with Crippen LogP contribution in [-0.4, -0.2) is 68.9 Å². The number of nitrogens with zero attached hydrogens (tertiary/aromatic N) is 6. The molecule has 4 aromatic rings. The van der Waals surface area contributed by atoms with Gasteiger partial charge in [-0.3, -0.25) is 13.7 Å². The molecule has 0 spiro atoms. The highest BCUT2D eigenvalue weighted by Crippen LogP contribution is 2.26. The summed E-state index contributed by atoms with van der Waals surface area (Å²) in [6.45, 7) is 11.5. The third kappa shape index (κ3) is 6.59. The molecule has 2 N–H and O–H groups in total. The Morgan fingerprint density at radius 2 is 1.93 bits per heavy atom. The number of nitrogens with one attached hydrogen (secondary N) is 2. The normalized spacial score (nSPS) is 16.3. The van der Waals surface area contributed by atoms with Crippen molar-refractivity contribution in [2.45, 2.75) is 39.8 Å². The summed E-state index contributed by atoms with van der Waals surface area (Å²) in [5.41, 5.74) is 5.39. The summed E-state index contributed by atoms with van der Waals surface area (Å²) in [6, 6.07) is 12.3. The highest BCUT2D eigenvalue weighted by molar-refractivity contribution is 7.96. The maximum absolute atomic E-state index is 13.9. The highest BCUT2D eigenvalue weighted by Gasteiger charge is 2.18. The van der Waals surface area contributed by atoms with Crippen molar-refractivity contribution in [3.05, 3.63) is 76.0 Å². The second-order valence-corrected chi connectivity index (χ2v) is 12.1. The van der Waals surface area contributed by atoms with Crippen LogP contribution in [0.4, 0.5) is 17.3 Å². The predicted octanol–water partition coefficient (Wildman–Crippen LogP) is 4.46. The van der Waals surface area contributed by atoms with E-state index in [9.17, 15) is 4.79 Å². The number of aromatic nitrogens is 4. The third-order valence-electron chi connectivity index (χ3n) is 8.45. The molecule has 10 heteroatoms. The molecule has 1 aromatic carbocycles. The zero-order chi connectivity index (χ0) is 29.8. The van der Waals surface area contributed by atoms with Crippen LogP contribution in [0.2, 0.25) is 0 Å². The molecule has 0 radical (unpaired) electrons. The summed E-state index contributed by atoms with van der Waals surface area (Å²) < 4.78 is 6.27. The van der Waals surface area contributed by atoms with E-state index in [2.05, 4.69) is 85.6 Å². The van der Waals surface area contributed by atoms with E-state index in [0.29, 0.717) is 29.6 Å². The molecule has 0 amide bonds. The number of fused-ring (bicyclic) bond motifs is 1. The lowest BCUT2D eigenvalue weighted by atomic mass is 9.98. The SMILES string of the molecule is CCn1cccc1Cn1c(=O)c(C#CC2CCN(SC)CC2)cc2cnc(Nc3ccc(N4CCNCC4)c(C)c3)nc21. The fourth-order valence-electron chi connectivity index (χ4n) is 6.00. The number of rotatable bonds is 7. The molecule has 3 aromatic heterocycles. The number of aryl methyl sites for hydroxylation is 2. The van der Waals surface area contributed by atoms with E-state index in [-0.39, 0.29) is 5.56 Å². The van der Waals surface area contributed by atoms with Crippen LogP contribution in [0.25, 0.3) is 11.0 Å². The Kier molecular flexibility index (Phi) is 9.03. The lowest BCUT2D eigenvalue weighted by Gasteiger charge is -2.30. The zero-order valence-corrected chi connectivity index (χ0v) is 26.1. The van der Waals surface area contributed by atoms with Crippen LogP contribution in [0.3, 0.4) is 0 Å². The van der Waals surface area contributed by atoms with E-state index in [0.717, 1.165) is 75.4 Å². The van der Waals surface area contributed by atoms with Gasteiger partial charge >= 0.3 is 0 Å². The largest absolute Gasteiger partial charge is 0.369 e. The summed E-state index contributed by atoms with van der Waals surface area (Å²) in [5, 5.41) is 7.59. The van der Waals surface area contributed by atoms with Gasteiger partial charge in [0, 0.05) is 86.6 Å². The minimum absolute atomic E-state index is 0.119. The molecule has 0 atom stereocenters. The molecular formula is C33H40N8OS. The van der Waals surface area contributed by atoms with E-state index < -0.39 is 0 Å². The average molecular weight is 597 g/mol. The maximum Gasteiger partial charge on any atom is 0.268 e. The van der Waals surface area contributed by atoms with Gasteiger partial charge in [-0.25, -0.2) is 4.98 Å². The Balaban J connectivity index is 1.32. The van der Waals surface area contributed by atoms with Gasteiger partial charge in [0.05, 0.1) is 12.1 Å². The van der Waals surface area contributed by atoms with E-state index >= 15 is 0 Å². The highest BCUT2D eigenvalue weighted by atomic mass is 32.2. The summed E-state index contributed by atoms with van der Waals surface area (Å²) in [5.74, 6) is 7.42. The van der Waals surface area contributed by atoms with Crippen molar-refractivity contribution in [1.29, 1.82) is 0 Å². The molecule has 0 unspecified atom stereocenters. The second kappa shape index (κ2) is 13.2. The van der Waals surface area contributed by atoms with Crippen LogP contribution in [-0.2, 0) is 13.1 Å². The fourth-order valence-corrected chi connectivity index (χ4v) is 6.58. The van der Waals surface area contributed by atoms with E-state index in [1.807, 2.05) is 18.3 Å². The number of pyridine rings is 1. The van der Waals surface area contributed by atoms with Gasteiger partial charge in [-0.05, 0) is 74.9 Å². The van der Waals surface area contributed by atoms with Gasteiger partial charge in [0.15, 0.2) is 0 Å². The van der Waals surface area contributed by atoms with Crippen molar-refractivity contribution in [1.82, 2.24) is 28.7 Å². The molecule has 0 bridgehead atoms. The Morgan fingerprint density at radius 1 is 1.12 bits per heavy atom. The molecular weight excluding hydrogens is 556 g/mol. The number of hydrogen-bond acceptors (Lipinski definition) is 8. The van der Waals surface area contributed by atoms with Gasteiger partial charge in [0.1, 0.15) is 5.65 Å². The van der Waals surface area contributed by atoms with E-state index in [4.69, 9.17) is 4.98 Å². The lowest BCUT2D eigenvalue weighted by molar-refractivity contribution is 0.337. The third-order valence-corrected chi connectivity index (χ3v) is 9.33. The first-order chi connectivity index (χ1) is 21.0. The fraction of sp³-hybridized carbons (Fsp3) is 0.424. The van der Waals surface area contributed by atoms with Gasteiger partial charge in [-0.1, -0.05) is 23.8 Å². The number of piperazine rings is 1. The molecule has 0 aliphatic carbocycles. The second-order valence-electron chi connectivity index (χ2n) is 11.2. The molecule has 2 saturated heterocycles. The summed E-state index contributed by atoms with van der Waals surface area (Å²) in [7, 11) is 0.